The normalized spacial score (nSPS) is 18.2. The minimum atomic E-state index is -0.607. The number of nitrogens with zero attached hydrogens (tertiary/aromatic N) is 1. The van der Waals surface area contributed by atoms with Gasteiger partial charge < -0.3 is 31.8 Å². The molecule has 36 heavy (non-hydrogen) atoms. The number of amides is 1. The molecule has 0 spiro atoms. The first-order valence-corrected chi connectivity index (χ1v) is 12.6. The maximum Gasteiger partial charge on any atom is 0.268 e. The number of hydrogen-bond donors (Lipinski definition) is 4. The van der Waals surface area contributed by atoms with E-state index in [1.54, 1.807) is 7.11 Å². The summed E-state index contributed by atoms with van der Waals surface area (Å²) in [6, 6.07) is 20.9. The molecule has 1 heterocycles. The number of aromatic nitrogens is 1. The van der Waals surface area contributed by atoms with Crippen LogP contribution in [0.5, 0.6) is 0 Å². The fourth-order valence-corrected chi connectivity index (χ4v) is 5.48. The molecule has 4 aromatic rings. The Hall–Kier alpha value is -3.23. The molecule has 188 valence electrons. The van der Waals surface area contributed by atoms with E-state index >= 15 is 0 Å². The van der Waals surface area contributed by atoms with Gasteiger partial charge in [-0.05, 0) is 53.6 Å². The summed E-state index contributed by atoms with van der Waals surface area (Å²) < 4.78 is 7.68. The van der Waals surface area contributed by atoms with Gasteiger partial charge in [-0.25, -0.2) is 0 Å². The van der Waals surface area contributed by atoms with Crippen molar-refractivity contribution in [1.82, 2.24) is 9.88 Å². The van der Waals surface area contributed by atoms with Crippen molar-refractivity contribution in [1.29, 1.82) is 0 Å². The van der Waals surface area contributed by atoms with Crippen molar-refractivity contribution in [2.24, 2.45) is 17.2 Å². The topological polar surface area (TPSA) is 121 Å². The van der Waals surface area contributed by atoms with E-state index in [4.69, 9.17) is 21.9 Å². The Bertz CT molecular complexity index is 1380. The number of benzene rings is 3. The lowest BCUT2D eigenvalue weighted by molar-refractivity contribution is 0.0912. The monoisotopic (exact) mass is 485 g/mol. The first-order chi connectivity index (χ1) is 17.5. The van der Waals surface area contributed by atoms with E-state index in [0.29, 0.717) is 18.8 Å². The van der Waals surface area contributed by atoms with Crippen molar-refractivity contribution in [3.8, 4) is 0 Å². The van der Waals surface area contributed by atoms with E-state index in [1.165, 1.54) is 0 Å². The quantitative estimate of drug-likeness (QED) is 0.296. The van der Waals surface area contributed by atoms with Gasteiger partial charge in [-0.3, -0.25) is 4.79 Å². The molecule has 0 bridgehead atoms. The largest absolute Gasteiger partial charge is 0.380 e. The van der Waals surface area contributed by atoms with Crippen LogP contribution in [0.3, 0.4) is 0 Å². The summed E-state index contributed by atoms with van der Waals surface area (Å²) in [4.78, 5) is 13.9. The van der Waals surface area contributed by atoms with Crippen LogP contribution in [-0.2, 0) is 17.9 Å². The van der Waals surface area contributed by atoms with E-state index in [1.807, 2.05) is 30.3 Å². The van der Waals surface area contributed by atoms with Gasteiger partial charge >= 0.3 is 0 Å². The van der Waals surface area contributed by atoms with Gasteiger partial charge in [0.2, 0.25) is 0 Å². The molecule has 1 amide bonds. The number of carbonyl (C=O) groups excluding carboxylic acids is 1. The Morgan fingerprint density at radius 1 is 1.03 bits per heavy atom. The van der Waals surface area contributed by atoms with Gasteiger partial charge in [0.1, 0.15) is 5.69 Å². The molecule has 3 aromatic carbocycles. The van der Waals surface area contributed by atoms with Crippen LogP contribution < -0.4 is 22.5 Å². The van der Waals surface area contributed by atoms with Crippen LogP contribution in [0, 0.1) is 0 Å². The second-order valence-electron chi connectivity index (χ2n) is 9.87. The smallest absolute Gasteiger partial charge is 0.268 e. The molecule has 1 aromatic heterocycles. The Kier molecular flexibility index (Phi) is 7.07. The van der Waals surface area contributed by atoms with Crippen molar-refractivity contribution >= 4 is 27.6 Å². The van der Waals surface area contributed by atoms with E-state index in [2.05, 4.69) is 40.2 Å². The maximum absolute atomic E-state index is 13.9. The van der Waals surface area contributed by atoms with Crippen molar-refractivity contribution in [2.75, 3.05) is 7.11 Å². The van der Waals surface area contributed by atoms with E-state index < -0.39 is 6.17 Å². The zero-order valence-electron chi connectivity index (χ0n) is 20.7. The molecular formula is C29H35N5O2. The average Bonchev–Trinajstić information content (AvgIpc) is 3.18. The van der Waals surface area contributed by atoms with Crippen molar-refractivity contribution in [3.63, 3.8) is 0 Å². The van der Waals surface area contributed by atoms with Gasteiger partial charge in [0, 0.05) is 42.2 Å². The van der Waals surface area contributed by atoms with Crippen LogP contribution >= 0.6 is 0 Å². The van der Waals surface area contributed by atoms with Crippen LogP contribution in [0.25, 0.3) is 21.7 Å². The van der Waals surface area contributed by atoms with Gasteiger partial charge in [0.25, 0.3) is 5.91 Å². The van der Waals surface area contributed by atoms with Crippen LogP contribution in [0.4, 0.5) is 0 Å². The molecule has 1 fully saturated rings. The third kappa shape index (κ3) is 4.75. The molecule has 1 aliphatic carbocycles. The highest BCUT2D eigenvalue weighted by Gasteiger charge is 2.27. The molecule has 1 aliphatic rings. The summed E-state index contributed by atoms with van der Waals surface area (Å²) in [7, 11) is 1.66. The summed E-state index contributed by atoms with van der Waals surface area (Å²) >= 11 is 0. The molecule has 0 radical (unpaired) electrons. The SMILES string of the molecule is COCc1c(C(=O)N[C@H]2CC[C@H](N)CC2)n(Cc2cccc3ccccc23)c2cc(C(N)N)ccc12. The Labute approximate surface area is 211 Å². The number of methoxy groups -OCH3 is 1. The van der Waals surface area contributed by atoms with E-state index in [0.717, 1.165) is 64.0 Å². The third-order valence-corrected chi connectivity index (χ3v) is 7.40. The number of nitrogens with two attached hydrogens (primary N) is 3. The fourth-order valence-electron chi connectivity index (χ4n) is 5.48. The lowest BCUT2D eigenvalue weighted by Gasteiger charge is -2.27. The molecule has 7 nitrogen and oxygen atoms in total. The lowest BCUT2D eigenvalue weighted by atomic mass is 9.91. The Morgan fingerprint density at radius 2 is 1.78 bits per heavy atom. The average molecular weight is 486 g/mol. The zero-order valence-corrected chi connectivity index (χ0v) is 20.7. The van der Waals surface area contributed by atoms with Crippen LogP contribution in [0.2, 0.25) is 0 Å². The van der Waals surface area contributed by atoms with Crippen LogP contribution in [0.15, 0.2) is 60.7 Å². The highest BCUT2D eigenvalue weighted by Crippen LogP contribution is 2.31. The van der Waals surface area contributed by atoms with E-state index in [9.17, 15) is 4.79 Å². The predicted octanol–water partition coefficient (Wildman–Crippen LogP) is 3.90. The first-order valence-electron chi connectivity index (χ1n) is 12.6. The second kappa shape index (κ2) is 10.4. The third-order valence-electron chi connectivity index (χ3n) is 7.40. The summed E-state index contributed by atoms with van der Waals surface area (Å²) in [5, 5.41) is 6.59. The fraction of sp³-hybridized carbons (Fsp3) is 0.345. The minimum absolute atomic E-state index is 0.0856. The van der Waals surface area contributed by atoms with Crippen molar-refractivity contribution in [3.05, 3.63) is 83.0 Å². The summed E-state index contributed by atoms with van der Waals surface area (Å²) in [5.74, 6) is -0.0856. The highest BCUT2D eigenvalue weighted by molar-refractivity contribution is 6.02. The summed E-state index contributed by atoms with van der Waals surface area (Å²) in [6.45, 7) is 0.856. The summed E-state index contributed by atoms with van der Waals surface area (Å²) in [5.41, 5.74) is 22.5. The highest BCUT2D eigenvalue weighted by atomic mass is 16.5. The maximum atomic E-state index is 13.9. The standard InChI is InChI=1S/C29H35N5O2/c1-36-17-25-24-14-9-19(28(31)32)15-26(24)34(16-20-7-4-6-18-5-2-3-8-23(18)20)27(25)29(35)33-22-12-10-21(30)11-13-22/h2-9,14-15,21-22,28H,10-13,16-17,30-32H2,1H3,(H,33,35)/t21-,22-. The number of rotatable bonds is 7. The van der Waals surface area contributed by atoms with Crippen LogP contribution in [0.1, 0.15) is 59.0 Å². The second-order valence-corrected chi connectivity index (χ2v) is 9.87. The molecule has 7 heteroatoms. The minimum Gasteiger partial charge on any atom is -0.380 e. The van der Waals surface area contributed by atoms with E-state index in [-0.39, 0.29) is 18.0 Å². The number of carbonyl (C=O) groups is 1. The molecule has 5 rings (SSSR count). The van der Waals surface area contributed by atoms with Gasteiger partial charge in [-0.1, -0.05) is 54.6 Å². The van der Waals surface area contributed by atoms with Gasteiger partial charge in [-0.2, -0.15) is 0 Å². The molecule has 7 N–H and O–H groups in total. The van der Waals surface area contributed by atoms with Crippen molar-refractivity contribution < 1.29 is 9.53 Å². The first kappa shape index (κ1) is 24.5. The predicted molar refractivity (Wildman–Crippen MR) is 145 cm³/mol. The van der Waals surface area contributed by atoms with Gasteiger partial charge in [0.05, 0.1) is 12.8 Å². The molecule has 0 atom stereocenters. The molecule has 1 saturated carbocycles. The lowest BCUT2D eigenvalue weighted by Crippen LogP contribution is -2.41. The molecule has 0 aliphatic heterocycles. The van der Waals surface area contributed by atoms with Crippen molar-refractivity contribution in [2.45, 2.75) is 57.1 Å². The number of hydrogen-bond acceptors (Lipinski definition) is 5. The Morgan fingerprint density at radius 3 is 2.53 bits per heavy atom. The molecular weight excluding hydrogens is 450 g/mol. The Balaban J connectivity index is 1.65. The molecule has 0 unspecified atom stereocenters. The number of nitrogens with one attached hydrogen (secondary N) is 1. The molecule has 0 saturated heterocycles. The summed E-state index contributed by atoms with van der Waals surface area (Å²) in [6.07, 6.45) is 3.02. The van der Waals surface area contributed by atoms with Gasteiger partial charge in [-0.15, -0.1) is 0 Å². The van der Waals surface area contributed by atoms with Gasteiger partial charge in [0.15, 0.2) is 0 Å². The zero-order chi connectivity index (χ0) is 25.2. The number of fused-ring (bicyclic) bond motifs is 2. The number of ether oxygens (including phenoxy) is 1. The van der Waals surface area contributed by atoms with Crippen LogP contribution in [-0.4, -0.2) is 29.7 Å².